The molecule has 3 aromatic rings. The van der Waals surface area contributed by atoms with Gasteiger partial charge in [0.05, 0.1) is 18.2 Å². The maximum atomic E-state index is 13.9. The number of carboxylic acids is 1. The fourth-order valence-electron chi connectivity index (χ4n) is 6.03. The van der Waals surface area contributed by atoms with Gasteiger partial charge in [0.1, 0.15) is 23.3 Å². The summed E-state index contributed by atoms with van der Waals surface area (Å²) in [6, 6.07) is 13.0. The Hall–Kier alpha value is -5.27. The Morgan fingerprint density at radius 3 is 2.48 bits per heavy atom. The van der Waals surface area contributed by atoms with Gasteiger partial charge in [0.15, 0.2) is 6.61 Å². The average Bonchev–Trinajstić information content (AvgIpc) is 3.59. The summed E-state index contributed by atoms with van der Waals surface area (Å²) in [5, 5.41) is 12.5. The molecule has 2 aromatic carbocycles. The Bertz CT molecular complexity index is 1680. The topological polar surface area (TPSA) is 159 Å². The van der Waals surface area contributed by atoms with Gasteiger partial charge in [-0.3, -0.25) is 19.2 Å². The zero-order valence-corrected chi connectivity index (χ0v) is 26.6. The van der Waals surface area contributed by atoms with E-state index in [2.05, 4.69) is 10.3 Å². The van der Waals surface area contributed by atoms with E-state index in [1.165, 1.54) is 28.0 Å². The number of amides is 4. The molecule has 0 spiro atoms. The van der Waals surface area contributed by atoms with Gasteiger partial charge in [0.2, 0.25) is 5.91 Å². The Kier molecular flexibility index (Phi) is 11.0. The molecule has 4 amide bonds. The maximum Gasteiger partial charge on any atom is 0.409 e. The molecule has 5 rings (SSSR count). The number of carbonyl (C=O) groups excluding carboxylic acids is 4. The van der Waals surface area contributed by atoms with Crippen LogP contribution in [0.3, 0.4) is 0 Å². The lowest BCUT2D eigenvalue weighted by Crippen LogP contribution is -2.56. The number of hydrogen-bond acceptors (Lipinski definition) is 8. The van der Waals surface area contributed by atoms with Crippen LogP contribution in [0.2, 0.25) is 0 Å². The molecule has 0 aliphatic carbocycles. The van der Waals surface area contributed by atoms with Crippen molar-refractivity contribution in [1.82, 2.24) is 25.0 Å². The van der Waals surface area contributed by atoms with Crippen LogP contribution in [-0.4, -0.2) is 107 Å². The van der Waals surface area contributed by atoms with Gasteiger partial charge in [0, 0.05) is 50.6 Å². The van der Waals surface area contributed by atoms with Crippen LogP contribution in [0, 0.1) is 5.82 Å². The van der Waals surface area contributed by atoms with Gasteiger partial charge in [-0.25, -0.2) is 14.2 Å². The molecule has 2 fully saturated rings. The highest BCUT2D eigenvalue weighted by atomic mass is 19.1. The molecule has 1 aromatic heterocycles. The SMILES string of the molecule is CCOC(=O)N1CCN(C(=O)[C@H](CCC(=O)O)NC(=O)c2cc(OCC(=O)N3CCCC3c3cccc(F)c3)c3ccccc3n2)CC1. The number of likely N-dealkylation sites (tertiary alicyclic amines) is 1. The summed E-state index contributed by atoms with van der Waals surface area (Å²) >= 11 is 0. The lowest BCUT2D eigenvalue weighted by Gasteiger charge is -2.35. The molecular weight excluding hydrogens is 625 g/mol. The molecule has 2 N–H and O–H groups in total. The van der Waals surface area contributed by atoms with Crippen LogP contribution in [0.25, 0.3) is 10.9 Å². The number of nitrogens with zero attached hydrogens (tertiary/aromatic N) is 4. The minimum absolute atomic E-state index is 0.0878. The molecule has 254 valence electrons. The van der Waals surface area contributed by atoms with Crippen molar-refractivity contribution in [1.29, 1.82) is 0 Å². The summed E-state index contributed by atoms with van der Waals surface area (Å²) in [7, 11) is 0. The van der Waals surface area contributed by atoms with E-state index in [0.29, 0.717) is 29.4 Å². The van der Waals surface area contributed by atoms with Crippen LogP contribution >= 0.6 is 0 Å². The number of carboxylic acid groups (broad SMARTS) is 1. The molecule has 2 aliphatic heterocycles. The number of hydrogen-bond donors (Lipinski definition) is 2. The summed E-state index contributed by atoms with van der Waals surface area (Å²) in [5.74, 6) is -2.78. The monoisotopic (exact) mass is 663 g/mol. The number of pyridine rings is 1. The van der Waals surface area contributed by atoms with Crippen molar-refractivity contribution in [2.75, 3.05) is 45.9 Å². The van der Waals surface area contributed by atoms with Gasteiger partial charge >= 0.3 is 12.1 Å². The van der Waals surface area contributed by atoms with Crippen LogP contribution in [-0.2, 0) is 19.1 Å². The van der Waals surface area contributed by atoms with Crippen LogP contribution in [0.4, 0.5) is 9.18 Å². The minimum atomic E-state index is -1.17. The van der Waals surface area contributed by atoms with Crippen LogP contribution in [0.1, 0.15) is 54.7 Å². The Morgan fingerprint density at radius 1 is 1.00 bits per heavy atom. The molecule has 3 heterocycles. The first-order valence-corrected chi connectivity index (χ1v) is 15.9. The third kappa shape index (κ3) is 8.17. The number of rotatable bonds is 11. The number of ether oxygens (including phenoxy) is 2. The highest BCUT2D eigenvalue weighted by Gasteiger charge is 2.32. The van der Waals surface area contributed by atoms with Crippen molar-refractivity contribution in [2.45, 2.75) is 44.7 Å². The first kappa shape index (κ1) is 34.1. The van der Waals surface area contributed by atoms with Gasteiger partial charge < -0.3 is 34.6 Å². The molecule has 0 saturated carbocycles. The normalized spacial score (nSPS) is 16.8. The number of nitrogens with one attached hydrogen (secondary N) is 1. The Balaban J connectivity index is 1.30. The van der Waals surface area contributed by atoms with Crippen LogP contribution in [0.5, 0.6) is 5.75 Å². The fourth-order valence-corrected chi connectivity index (χ4v) is 6.03. The molecule has 2 atom stereocenters. The third-order valence-corrected chi connectivity index (χ3v) is 8.44. The van der Waals surface area contributed by atoms with Crippen molar-refractivity contribution >= 4 is 40.7 Å². The van der Waals surface area contributed by atoms with Crippen molar-refractivity contribution in [2.24, 2.45) is 0 Å². The lowest BCUT2D eigenvalue weighted by atomic mass is 10.0. The van der Waals surface area contributed by atoms with Crippen LogP contribution < -0.4 is 10.1 Å². The smallest absolute Gasteiger partial charge is 0.409 e. The summed E-state index contributed by atoms with van der Waals surface area (Å²) < 4.78 is 24.9. The highest BCUT2D eigenvalue weighted by Crippen LogP contribution is 2.33. The van der Waals surface area contributed by atoms with E-state index in [4.69, 9.17) is 9.47 Å². The minimum Gasteiger partial charge on any atom is -0.483 e. The Labute approximate surface area is 276 Å². The van der Waals surface area contributed by atoms with E-state index in [9.17, 15) is 33.5 Å². The van der Waals surface area contributed by atoms with Crippen LogP contribution in [0.15, 0.2) is 54.6 Å². The van der Waals surface area contributed by atoms with Crippen molar-refractivity contribution in [3.8, 4) is 5.75 Å². The lowest BCUT2D eigenvalue weighted by molar-refractivity contribution is -0.138. The molecule has 13 nitrogen and oxygen atoms in total. The van der Waals surface area contributed by atoms with Gasteiger partial charge in [0.25, 0.3) is 11.8 Å². The number of piperazine rings is 1. The quantitative estimate of drug-likeness (QED) is 0.314. The predicted molar refractivity (Wildman–Crippen MR) is 171 cm³/mol. The number of benzene rings is 2. The summed E-state index contributed by atoms with van der Waals surface area (Å²) in [4.78, 5) is 72.9. The second kappa shape index (κ2) is 15.5. The van der Waals surface area contributed by atoms with Gasteiger partial charge in [-0.2, -0.15) is 0 Å². The highest BCUT2D eigenvalue weighted by molar-refractivity contribution is 5.99. The van der Waals surface area contributed by atoms with E-state index in [1.54, 1.807) is 48.2 Å². The predicted octanol–water partition coefficient (Wildman–Crippen LogP) is 3.38. The molecule has 0 bridgehead atoms. The number of fused-ring (bicyclic) bond motifs is 1. The molecule has 0 radical (unpaired) electrons. The van der Waals surface area contributed by atoms with Gasteiger partial charge in [-0.1, -0.05) is 24.3 Å². The number of para-hydroxylation sites is 1. The summed E-state index contributed by atoms with van der Waals surface area (Å²) in [6.07, 6.45) is 0.452. The maximum absolute atomic E-state index is 13.9. The van der Waals surface area contributed by atoms with Crippen molar-refractivity contribution in [3.05, 3.63) is 71.7 Å². The average molecular weight is 664 g/mol. The number of aliphatic carboxylic acids is 1. The standard InChI is InChI=1S/C34H38FN5O8/c1-2-47-34(46)39-17-15-38(16-18-39)33(45)26(12-13-31(42)43)37-32(44)27-20-29(24-9-3-4-10-25(24)36-27)48-21-30(41)40-14-6-11-28(40)22-7-5-8-23(35)19-22/h3-5,7-10,19-20,26,28H,2,6,11-18,21H2,1H3,(H,37,44)(H,42,43)/t26-,28?/m0/s1. The molecule has 2 saturated heterocycles. The zero-order valence-electron chi connectivity index (χ0n) is 26.6. The molecule has 1 unspecified atom stereocenters. The van der Waals surface area contributed by atoms with Gasteiger partial charge in [-0.05, 0) is 56.0 Å². The fraction of sp³-hybridized carbons (Fsp3) is 0.412. The third-order valence-electron chi connectivity index (χ3n) is 8.44. The second-order valence-electron chi connectivity index (χ2n) is 11.6. The molecular formula is C34H38FN5O8. The van der Waals surface area contributed by atoms with E-state index in [-0.39, 0.29) is 81.4 Å². The molecule has 2 aliphatic rings. The first-order chi connectivity index (χ1) is 23.1. The zero-order chi connectivity index (χ0) is 34.2. The summed E-state index contributed by atoms with van der Waals surface area (Å²) in [6.45, 7) is 2.93. The Morgan fingerprint density at radius 2 is 1.75 bits per heavy atom. The van der Waals surface area contributed by atoms with E-state index >= 15 is 0 Å². The van der Waals surface area contributed by atoms with Crippen molar-refractivity contribution in [3.63, 3.8) is 0 Å². The number of carbonyl (C=O) groups is 5. The molecule has 14 heteroatoms. The van der Waals surface area contributed by atoms with E-state index < -0.39 is 29.9 Å². The van der Waals surface area contributed by atoms with E-state index in [0.717, 1.165) is 6.42 Å². The van der Waals surface area contributed by atoms with Gasteiger partial charge in [-0.15, -0.1) is 0 Å². The van der Waals surface area contributed by atoms with E-state index in [1.807, 2.05) is 0 Å². The molecule has 48 heavy (non-hydrogen) atoms. The summed E-state index contributed by atoms with van der Waals surface area (Å²) in [5.41, 5.74) is 1.03. The number of aromatic nitrogens is 1. The van der Waals surface area contributed by atoms with Crippen molar-refractivity contribution < 1.29 is 42.9 Å². The second-order valence-corrected chi connectivity index (χ2v) is 11.6. The largest absolute Gasteiger partial charge is 0.483 e. The first-order valence-electron chi connectivity index (χ1n) is 15.9. The number of halogens is 1.